The molecule has 14 aromatic rings. The molecule has 298 valence electrons. The van der Waals surface area contributed by atoms with Gasteiger partial charge in [0.15, 0.2) is 17.5 Å². The van der Waals surface area contributed by atoms with Crippen molar-refractivity contribution in [2.75, 3.05) is 0 Å². The number of fused-ring (bicyclic) bond motifs is 12. The molecule has 0 N–H and O–H groups in total. The predicted octanol–water partition coefficient (Wildman–Crippen LogP) is 15.3. The Bertz CT molecular complexity index is 4160. The molecule has 14 rings (SSSR count). The van der Waals surface area contributed by atoms with Gasteiger partial charge in [-0.05, 0) is 66.2 Å². The van der Waals surface area contributed by atoms with E-state index in [1.165, 1.54) is 10.8 Å². The second kappa shape index (κ2) is 13.3. The number of aromatic nitrogens is 4. The Morgan fingerprint density at radius 3 is 1.66 bits per heavy atom. The lowest BCUT2D eigenvalue weighted by molar-refractivity contribution is 0.668. The van der Waals surface area contributed by atoms with Crippen molar-refractivity contribution in [3.8, 4) is 51.0 Å². The van der Waals surface area contributed by atoms with Crippen LogP contribution in [-0.2, 0) is 0 Å². The summed E-state index contributed by atoms with van der Waals surface area (Å²) in [7, 11) is 0. The van der Waals surface area contributed by atoms with E-state index in [0.29, 0.717) is 17.5 Å². The van der Waals surface area contributed by atoms with E-state index in [4.69, 9.17) is 28.2 Å². The summed E-state index contributed by atoms with van der Waals surface area (Å²) in [6.45, 7) is 0. The number of furan rings is 3. The van der Waals surface area contributed by atoms with Crippen molar-refractivity contribution in [2.45, 2.75) is 0 Å². The van der Waals surface area contributed by atoms with Crippen molar-refractivity contribution in [1.82, 2.24) is 19.5 Å². The van der Waals surface area contributed by atoms with Crippen LogP contribution in [0.15, 0.2) is 207 Å². The molecule has 0 aliphatic heterocycles. The lowest BCUT2D eigenvalue weighted by Crippen LogP contribution is -2.00. The molecular weight excluding hydrogens is 789 g/mol. The van der Waals surface area contributed by atoms with Gasteiger partial charge in [-0.3, -0.25) is 0 Å². The van der Waals surface area contributed by atoms with Crippen molar-refractivity contribution >= 4 is 87.6 Å². The Labute approximate surface area is 364 Å². The highest BCUT2D eigenvalue weighted by Gasteiger charge is 2.24. The summed E-state index contributed by atoms with van der Waals surface area (Å²) in [5.41, 5.74) is 12.6. The molecule has 0 saturated heterocycles. The van der Waals surface area contributed by atoms with Crippen molar-refractivity contribution in [1.29, 1.82) is 0 Å². The fraction of sp³-hybridized carbons (Fsp3) is 0. The van der Waals surface area contributed by atoms with Crippen molar-refractivity contribution < 1.29 is 13.3 Å². The number of benzene rings is 9. The predicted molar refractivity (Wildman–Crippen MR) is 258 cm³/mol. The summed E-state index contributed by atoms with van der Waals surface area (Å²) >= 11 is 0. The number of rotatable bonds is 5. The first-order valence-corrected chi connectivity index (χ1v) is 21.3. The molecule has 5 aromatic heterocycles. The van der Waals surface area contributed by atoms with Gasteiger partial charge in [-0.25, -0.2) is 15.0 Å². The van der Waals surface area contributed by atoms with Crippen LogP contribution in [0.3, 0.4) is 0 Å². The van der Waals surface area contributed by atoms with E-state index in [1.54, 1.807) is 0 Å². The number of hydrogen-bond acceptors (Lipinski definition) is 6. The molecule has 0 unspecified atom stereocenters. The summed E-state index contributed by atoms with van der Waals surface area (Å²) < 4.78 is 22.1. The van der Waals surface area contributed by atoms with Gasteiger partial charge in [-0.2, -0.15) is 0 Å². The van der Waals surface area contributed by atoms with Crippen LogP contribution in [0, 0.1) is 0 Å². The number of nitrogens with zero attached hydrogens (tertiary/aromatic N) is 4. The van der Waals surface area contributed by atoms with Gasteiger partial charge in [0, 0.05) is 59.8 Å². The standard InChI is InChI=1S/C57H32N4O3/c1-2-14-33(15-3-1)55-58-56(60-57(59-55)41-22-12-20-38-37-18-6-10-25-46(37)64-54(38)41)40-21-13-27-49-52(40)42-32-34(28-30-48(42)63-49)51-45(29-31-50-53(51)39-19-7-11-26-47(39)62-50)61-43-23-8-4-16-35(43)36-17-5-9-24-44(36)61/h1-32H. The summed E-state index contributed by atoms with van der Waals surface area (Å²) in [4.78, 5) is 15.6. The van der Waals surface area contributed by atoms with E-state index < -0.39 is 0 Å². The minimum Gasteiger partial charge on any atom is -0.456 e. The third kappa shape index (κ3) is 5.06. The van der Waals surface area contributed by atoms with Gasteiger partial charge in [-0.1, -0.05) is 133 Å². The van der Waals surface area contributed by atoms with E-state index in [-0.39, 0.29) is 0 Å². The topological polar surface area (TPSA) is 83.0 Å². The van der Waals surface area contributed by atoms with E-state index in [0.717, 1.165) is 110 Å². The molecule has 0 amide bonds. The quantitative estimate of drug-likeness (QED) is 0.172. The Balaban J connectivity index is 1.04. The van der Waals surface area contributed by atoms with Gasteiger partial charge in [-0.15, -0.1) is 0 Å². The molecule has 0 aliphatic rings. The third-order valence-corrected chi connectivity index (χ3v) is 12.7. The first-order chi connectivity index (χ1) is 31.7. The maximum absolute atomic E-state index is 6.68. The van der Waals surface area contributed by atoms with E-state index >= 15 is 0 Å². The summed E-state index contributed by atoms with van der Waals surface area (Å²) in [5, 5.41) is 8.42. The minimum absolute atomic E-state index is 0.522. The van der Waals surface area contributed by atoms with Crippen LogP contribution < -0.4 is 0 Å². The molecule has 9 aromatic carbocycles. The average Bonchev–Trinajstić information content (AvgIpc) is 4.13. The van der Waals surface area contributed by atoms with Crippen LogP contribution in [0.1, 0.15) is 0 Å². The fourth-order valence-electron chi connectivity index (χ4n) is 9.89. The molecule has 0 aliphatic carbocycles. The highest BCUT2D eigenvalue weighted by atomic mass is 16.3. The molecular formula is C57H32N4O3. The normalized spacial score (nSPS) is 12.1. The summed E-state index contributed by atoms with van der Waals surface area (Å²) in [6.07, 6.45) is 0. The maximum atomic E-state index is 6.68. The Kier molecular flexibility index (Phi) is 7.27. The third-order valence-electron chi connectivity index (χ3n) is 12.7. The summed E-state index contributed by atoms with van der Waals surface area (Å²) in [5.74, 6) is 1.62. The van der Waals surface area contributed by atoms with Crippen molar-refractivity contribution in [3.05, 3.63) is 194 Å². The molecule has 7 nitrogen and oxygen atoms in total. The van der Waals surface area contributed by atoms with Crippen LogP contribution in [0.25, 0.3) is 139 Å². The highest BCUT2D eigenvalue weighted by Crippen LogP contribution is 2.46. The molecule has 0 spiro atoms. The zero-order valence-electron chi connectivity index (χ0n) is 34.0. The molecule has 0 fully saturated rings. The van der Waals surface area contributed by atoms with Gasteiger partial charge in [0.05, 0.1) is 22.3 Å². The Morgan fingerprint density at radius 1 is 0.328 bits per heavy atom. The van der Waals surface area contributed by atoms with Crippen LogP contribution in [0.4, 0.5) is 0 Å². The van der Waals surface area contributed by atoms with Crippen molar-refractivity contribution in [2.24, 2.45) is 0 Å². The highest BCUT2D eigenvalue weighted by molar-refractivity contribution is 6.19. The molecule has 0 bridgehead atoms. The smallest absolute Gasteiger partial charge is 0.167 e. The second-order valence-electron chi connectivity index (χ2n) is 16.2. The van der Waals surface area contributed by atoms with Crippen LogP contribution in [0.5, 0.6) is 0 Å². The minimum atomic E-state index is 0.522. The maximum Gasteiger partial charge on any atom is 0.167 e. The molecule has 0 atom stereocenters. The first-order valence-electron chi connectivity index (χ1n) is 21.3. The number of para-hydroxylation sites is 5. The first kappa shape index (κ1) is 34.9. The SMILES string of the molecule is c1ccc(-c2nc(-c3cccc4c3oc3ccccc34)nc(-c3cccc4oc5ccc(-c6c(-n7c8ccccc8c8ccccc87)ccc7oc8ccccc8c67)cc5c34)n2)cc1. The van der Waals surface area contributed by atoms with E-state index in [9.17, 15) is 0 Å². The lowest BCUT2D eigenvalue weighted by Gasteiger charge is -2.16. The second-order valence-corrected chi connectivity index (χ2v) is 16.2. The molecule has 0 radical (unpaired) electrons. The molecule has 5 heterocycles. The fourth-order valence-corrected chi connectivity index (χ4v) is 9.89. The van der Waals surface area contributed by atoms with E-state index in [2.05, 4.69) is 114 Å². The monoisotopic (exact) mass is 820 g/mol. The Morgan fingerprint density at radius 2 is 0.875 bits per heavy atom. The van der Waals surface area contributed by atoms with Gasteiger partial charge in [0.2, 0.25) is 0 Å². The van der Waals surface area contributed by atoms with Gasteiger partial charge < -0.3 is 17.8 Å². The van der Waals surface area contributed by atoms with Crippen LogP contribution in [0.2, 0.25) is 0 Å². The Hall–Kier alpha value is -8.81. The largest absolute Gasteiger partial charge is 0.456 e. The van der Waals surface area contributed by atoms with Gasteiger partial charge in [0.1, 0.15) is 33.5 Å². The zero-order valence-corrected chi connectivity index (χ0v) is 34.0. The van der Waals surface area contributed by atoms with Crippen LogP contribution >= 0.6 is 0 Å². The molecule has 7 heteroatoms. The molecule has 64 heavy (non-hydrogen) atoms. The molecule has 0 saturated carbocycles. The van der Waals surface area contributed by atoms with Gasteiger partial charge >= 0.3 is 0 Å². The number of hydrogen-bond donors (Lipinski definition) is 0. The summed E-state index contributed by atoms with van der Waals surface area (Å²) in [6, 6.07) is 66.8. The lowest BCUT2D eigenvalue weighted by atomic mass is 9.95. The van der Waals surface area contributed by atoms with Gasteiger partial charge in [0.25, 0.3) is 0 Å². The van der Waals surface area contributed by atoms with Crippen molar-refractivity contribution in [3.63, 3.8) is 0 Å². The zero-order chi connectivity index (χ0) is 41.9. The average molecular weight is 821 g/mol. The van der Waals surface area contributed by atoms with Crippen LogP contribution in [-0.4, -0.2) is 19.5 Å². The van der Waals surface area contributed by atoms with E-state index in [1.807, 2.05) is 84.9 Å².